The summed E-state index contributed by atoms with van der Waals surface area (Å²) in [5, 5.41) is 6.52. The smallest absolute Gasteiger partial charge is 0.150 e. The molecule has 1 aromatic heterocycles. The molecule has 0 bridgehead atoms. The van der Waals surface area contributed by atoms with Crippen molar-refractivity contribution in [1.29, 1.82) is 0 Å². The van der Waals surface area contributed by atoms with Gasteiger partial charge in [-0.15, -0.1) is 11.3 Å². The summed E-state index contributed by atoms with van der Waals surface area (Å²) in [5.41, 5.74) is 7.16. The lowest BCUT2D eigenvalue weighted by atomic mass is 9.71. The van der Waals surface area contributed by atoms with Crippen LogP contribution >= 0.6 is 11.3 Å². The van der Waals surface area contributed by atoms with Gasteiger partial charge in [-0.2, -0.15) is 0 Å². The standard InChI is InChI=1S/C37H37N3S/c1-24-29(20-21-38-24)30-18-17-28(23-32(30)27-16-19-35-33(22-27)31-14-8-9-15-34(31)41-35)40-36(25-10-4-2-5-11-25)39-37(40)26-12-6-3-7-13-26/h2,4-6,8-15,18-19,22,27-28,32,37-38H,3,7,16-17,20-21,23H2,1H3. The molecule has 0 saturated carbocycles. The zero-order chi connectivity index (χ0) is 27.3. The Morgan fingerprint density at radius 3 is 2.66 bits per heavy atom. The van der Waals surface area contributed by atoms with E-state index in [1.54, 1.807) is 11.1 Å². The highest BCUT2D eigenvalue weighted by atomic mass is 32.1. The molecule has 41 heavy (non-hydrogen) atoms. The molecule has 3 aromatic rings. The first kappa shape index (κ1) is 25.1. The van der Waals surface area contributed by atoms with Crippen LogP contribution in [0.15, 0.2) is 106 Å². The molecule has 0 saturated heterocycles. The molecule has 0 fully saturated rings. The van der Waals surface area contributed by atoms with E-state index in [4.69, 9.17) is 4.99 Å². The fourth-order valence-corrected chi connectivity index (χ4v) is 8.84. The third-order valence-corrected chi connectivity index (χ3v) is 10.9. The number of thiophene rings is 1. The maximum absolute atomic E-state index is 5.25. The summed E-state index contributed by atoms with van der Waals surface area (Å²) in [4.78, 5) is 7.92. The van der Waals surface area contributed by atoms with Gasteiger partial charge in [-0.3, -0.25) is 0 Å². The molecule has 4 atom stereocenters. The van der Waals surface area contributed by atoms with Crippen LogP contribution in [0.1, 0.15) is 51.0 Å². The van der Waals surface area contributed by atoms with Gasteiger partial charge in [0.1, 0.15) is 5.84 Å². The average molecular weight is 556 g/mol. The summed E-state index contributed by atoms with van der Waals surface area (Å²) < 4.78 is 2.86. The van der Waals surface area contributed by atoms with Gasteiger partial charge in [0, 0.05) is 33.1 Å². The molecule has 1 N–H and O–H groups in total. The number of allylic oxidation sites excluding steroid dienone is 4. The van der Waals surface area contributed by atoms with Crippen LogP contribution in [0, 0.1) is 11.8 Å². The van der Waals surface area contributed by atoms with Crippen molar-refractivity contribution in [2.24, 2.45) is 16.8 Å². The minimum atomic E-state index is 0.130. The van der Waals surface area contributed by atoms with E-state index >= 15 is 0 Å². The van der Waals surface area contributed by atoms with Crippen molar-refractivity contribution in [3.63, 3.8) is 0 Å². The van der Waals surface area contributed by atoms with E-state index in [2.05, 4.69) is 108 Å². The molecule has 0 radical (unpaired) electrons. The third kappa shape index (κ3) is 4.35. The molecule has 0 spiro atoms. The van der Waals surface area contributed by atoms with Crippen molar-refractivity contribution in [1.82, 2.24) is 10.2 Å². The van der Waals surface area contributed by atoms with Crippen LogP contribution in [0.2, 0.25) is 0 Å². The van der Waals surface area contributed by atoms with Gasteiger partial charge in [0.25, 0.3) is 0 Å². The minimum absolute atomic E-state index is 0.130. The molecule has 2 aliphatic heterocycles. The fourth-order valence-electron chi connectivity index (χ4n) is 7.70. The minimum Gasteiger partial charge on any atom is -0.388 e. The lowest BCUT2D eigenvalue weighted by molar-refractivity contribution is 0.187. The van der Waals surface area contributed by atoms with Gasteiger partial charge in [0.15, 0.2) is 6.17 Å². The average Bonchev–Trinajstić information content (AvgIpc) is 3.60. The number of aliphatic imine (C=N–C) groups is 1. The Balaban J connectivity index is 1.19. The molecule has 8 rings (SSSR count). The summed E-state index contributed by atoms with van der Waals surface area (Å²) in [6, 6.07) is 20.2. The van der Waals surface area contributed by atoms with Crippen molar-refractivity contribution in [3.05, 3.63) is 117 Å². The molecule has 3 nitrogen and oxygen atoms in total. The topological polar surface area (TPSA) is 27.6 Å². The fraction of sp³-hybridized carbons (Fsp3) is 0.324. The highest BCUT2D eigenvalue weighted by Crippen LogP contribution is 2.44. The molecule has 4 unspecified atom stereocenters. The van der Waals surface area contributed by atoms with E-state index in [-0.39, 0.29) is 6.17 Å². The number of hydrogen-bond donors (Lipinski definition) is 1. The Morgan fingerprint density at radius 2 is 1.83 bits per heavy atom. The Bertz CT molecular complexity index is 1780. The van der Waals surface area contributed by atoms with Crippen molar-refractivity contribution >= 4 is 39.4 Å². The summed E-state index contributed by atoms with van der Waals surface area (Å²) in [6.45, 7) is 3.34. The summed E-state index contributed by atoms with van der Waals surface area (Å²) in [5.74, 6) is 2.16. The summed E-state index contributed by atoms with van der Waals surface area (Å²) in [7, 11) is 0. The maximum atomic E-state index is 5.25. The zero-order valence-electron chi connectivity index (χ0n) is 23.7. The Kier molecular flexibility index (Phi) is 6.33. The van der Waals surface area contributed by atoms with E-state index in [9.17, 15) is 0 Å². The van der Waals surface area contributed by atoms with Gasteiger partial charge in [-0.1, -0.05) is 85.0 Å². The van der Waals surface area contributed by atoms with Gasteiger partial charge in [-0.25, -0.2) is 4.99 Å². The van der Waals surface area contributed by atoms with Crippen molar-refractivity contribution in [2.75, 3.05) is 6.54 Å². The van der Waals surface area contributed by atoms with Gasteiger partial charge >= 0.3 is 0 Å². The van der Waals surface area contributed by atoms with Crippen LogP contribution in [-0.4, -0.2) is 29.5 Å². The Labute approximate surface area is 246 Å². The zero-order valence-corrected chi connectivity index (χ0v) is 24.5. The van der Waals surface area contributed by atoms with Crippen LogP contribution in [0.5, 0.6) is 0 Å². The lowest BCUT2D eigenvalue weighted by Gasteiger charge is -2.49. The van der Waals surface area contributed by atoms with Crippen LogP contribution in [-0.2, 0) is 0 Å². The van der Waals surface area contributed by atoms with Crippen molar-refractivity contribution < 1.29 is 0 Å². The highest BCUT2D eigenvalue weighted by molar-refractivity contribution is 7.17. The van der Waals surface area contributed by atoms with Gasteiger partial charge in [-0.05, 0) is 90.7 Å². The molecule has 3 heterocycles. The number of rotatable bonds is 5. The van der Waals surface area contributed by atoms with Gasteiger partial charge in [0.2, 0.25) is 0 Å². The van der Waals surface area contributed by atoms with E-state index in [0.29, 0.717) is 17.9 Å². The first-order valence-electron chi connectivity index (χ1n) is 15.4. The van der Waals surface area contributed by atoms with Gasteiger partial charge < -0.3 is 10.2 Å². The van der Waals surface area contributed by atoms with E-state index in [0.717, 1.165) is 45.1 Å². The highest BCUT2D eigenvalue weighted by Gasteiger charge is 2.42. The van der Waals surface area contributed by atoms with Crippen molar-refractivity contribution in [2.45, 2.75) is 57.7 Å². The number of benzene rings is 2. The number of nitrogens with one attached hydrogen (secondary N) is 1. The van der Waals surface area contributed by atoms with Gasteiger partial charge in [0.05, 0.1) is 0 Å². The molecule has 4 heteroatoms. The quantitative estimate of drug-likeness (QED) is 0.374. The summed E-state index contributed by atoms with van der Waals surface area (Å²) in [6.07, 6.45) is 21.7. The number of fused-ring (bicyclic) bond motifs is 3. The van der Waals surface area contributed by atoms with E-state index in [1.807, 2.05) is 11.3 Å². The first-order chi connectivity index (χ1) is 20.2. The molecule has 3 aliphatic carbocycles. The first-order valence-corrected chi connectivity index (χ1v) is 16.2. The largest absolute Gasteiger partial charge is 0.388 e. The molecule has 2 aromatic carbocycles. The predicted octanol–water partition coefficient (Wildman–Crippen LogP) is 6.82. The molecule has 0 amide bonds. The normalized spacial score (nSPS) is 27.2. The molecular weight excluding hydrogens is 518 g/mol. The lowest BCUT2D eigenvalue weighted by Crippen LogP contribution is -2.56. The van der Waals surface area contributed by atoms with Crippen LogP contribution in [0.3, 0.4) is 0 Å². The monoisotopic (exact) mass is 555 g/mol. The molecule has 206 valence electrons. The SMILES string of the molecule is CC1=C(C2=CCC(N3C(c4ccccc4)=NC3C3=CCCC=C3)CC2C2C=c3c(sc4ccccc34)=CC2)CCN1. The van der Waals surface area contributed by atoms with E-state index < -0.39 is 0 Å². The predicted molar refractivity (Wildman–Crippen MR) is 173 cm³/mol. The van der Waals surface area contributed by atoms with Crippen LogP contribution in [0.25, 0.3) is 22.2 Å². The second kappa shape index (κ2) is 10.3. The molecular formula is C37H37N3S. The van der Waals surface area contributed by atoms with E-state index in [1.165, 1.54) is 42.5 Å². The number of amidine groups is 1. The third-order valence-electron chi connectivity index (χ3n) is 9.74. The van der Waals surface area contributed by atoms with Crippen LogP contribution in [0.4, 0.5) is 0 Å². The maximum Gasteiger partial charge on any atom is 0.150 e. The van der Waals surface area contributed by atoms with Crippen molar-refractivity contribution in [3.8, 4) is 0 Å². The Morgan fingerprint density at radius 1 is 0.951 bits per heavy atom. The summed E-state index contributed by atoms with van der Waals surface area (Å²) >= 11 is 1.95. The molecule has 5 aliphatic rings. The Hall–Kier alpha value is -3.63. The number of nitrogens with zero attached hydrogens (tertiary/aromatic N) is 2. The second-order valence-corrected chi connectivity index (χ2v) is 13.2. The number of hydrogen-bond acceptors (Lipinski definition) is 4. The van der Waals surface area contributed by atoms with Crippen LogP contribution < -0.4 is 15.1 Å². The second-order valence-electron chi connectivity index (χ2n) is 12.1.